The molecule has 2 aliphatic rings. The van der Waals surface area contributed by atoms with E-state index in [1.807, 2.05) is 18.2 Å². The molecule has 0 bridgehead atoms. The van der Waals surface area contributed by atoms with Gasteiger partial charge in [-0.3, -0.25) is 18.9 Å². The Bertz CT molecular complexity index is 1060. The minimum Gasteiger partial charge on any atom is -0.356 e. The van der Waals surface area contributed by atoms with Crippen molar-refractivity contribution >= 4 is 51.7 Å². The number of thiocarbonyl (C=S) groups is 1. The van der Waals surface area contributed by atoms with E-state index in [-0.39, 0.29) is 11.5 Å². The number of fused-ring (bicyclic) bond motifs is 1. The van der Waals surface area contributed by atoms with Gasteiger partial charge in [-0.1, -0.05) is 49.8 Å². The Morgan fingerprint density at radius 2 is 1.97 bits per heavy atom. The van der Waals surface area contributed by atoms with Gasteiger partial charge in [0.15, 0.2) is 0 Å². The normalized spacial score (nSPS) is 18.8. The SMILES string of the molecule is CCCCCN1C(=O)/C(=C\c2c(N3CCCCC3)nc3ccccn3c2=O)SC1=S. The van der Waals surface area contributed by atoms with E-state index in [1.165, 1.54) is 18.2 Å². The minimum absolute atomic E-state index is 0.108. The van der Waals surface area contributed by atoms with E-state index >= 15 is 0 Å². The summed E-state index contributed by atoms with van der Waals surface area (Å²) >= 11 is 6.72. The molecule has 8 heteroatoms. The molecule has 1 amide bonds. The van der Waals surface area contributed by atoms with E-state index in [4.69, 9.17) is 17.2 Å². The molecule has 0 saturated carbocycles. The largest absolute Gasteiger partial charge is 0.356 e. The number of unbranched alkanes of at least 4 members (excludes halogenated alkanes) is 2. The molecular weight excluding hydrogens is 416 g/mol. The van der Waals surface area contributed by atoms with Crippen LogP contribution in [0.4, 0.5) is 5.82 Å². The van der Waals surface area contributed by atoms with Gasteiger partial charge in [-0.25, -0.2) is 4.98 Å². The van der Waals surface area contributed by atoms with Crippen molar-refractivity contribution in [3.05, 3.63) is 45.2 Å². The number of amides is 1. The Morgan fingerprint density at radius 1 is 1.17 bits per heavy atom. The Morgan fingerprint density at radius 3 is 2.73 bits per heavy atom. The molecule has 158 valence electrons. The second kappa shape index (κ2) is 9.31. The number of aromatic nitrogens is 2. The summed E-state index contributed by atoms with van der Waals surface area (Å²) in [7, 11) is 0. The number of anilines is 1. The van der Waals surface area contributed by atoms with Gasteiger partial charge in [0.05, 0.1) is 10.5 Å². The van der Waals surface area contributed by atoms with Gasteiger partial charge in [-0.2, -0.15) is 0 Å². The predicted octanol–water partition coefficient (Wildman–Crippen LogP) is 4.08. The number of piperidine rings is 1. The molecule has 2 aromatic rings. The average molecular weight is 443 g/mol. The van der Waals surface area contributed by atoms with Crippen LogP contribution in [0.1, 0.15) is 51.0 Å². The van der Waals surface area contributed by atoms with Gasteiger partial charge < -0.3 is 4.90 Å². The fourth-order valence-corrected chi connectivity index (χ4v) is 5.20. The van der Waals surface area contributed by atoms with E-state index < -0.39 is 0 Å². The van der Waals surface area contributed by atoms with Gasteiger partial charge in [-0.05, 0) is 43.9 Å². The summed E-state index contributed by atoms with van der Waals surface area (Å²) in [4.78, 5) is 35.5. The van der Waals surface area contributed by atoms with Crippen LogP contribution in [-0.4, -0.2) is 44.1 Å². The van der Waals surface area contributed by atoms with Gasteiger partial charge in [0.2, 0.25) is 0 Å². The first-order chi connectivity index (χ1) is 14.6. The molecule has 4 heterocycles. The Hall–Kier alpha value is -2.19. The molecule has 2 saturated heterocycles. The summed E-state index contributed by atoms with van der Waals surface area (Å²) in [6.07, 6.45) is 9.85. The van der Waals surface area contributed by atoms with Gasteiger partial charge in [0, 0.05) is 25.8 Å². The lowest BCUT2D eigenvalue weighted by Gasteiger charge is -2.29. The van der Waals surface area contributed by atoms with Crippen molar-refractivity contribution in [2.24, 2.45) is 0 Å². The summed E-state index contributed by atoms with van der Waals surface area (Å²) in [5.41, 5.74) is 0.930. The molecule has 0 atom stereocenters. The lowest BCUT2D eigenvalue weighted by Crippen LogP contribution is -2.33. The quantitative estimate of drug-likeness (QED) is 0.382. The monoisotopic (exact) mass is 442 g/mol. The second-order valence-corrected chi connectivity index (χ2v) is 9.35. The van der Waals surface area contributed by atoms with Crippen LogP contribution in [0, 0.1) is 0 Å². The third-order valence-electron chi connectivity index (χ3n) is 5.54. The zero-order valence-electron chi connectivity index (χ0n) is 17.2. The standard InChI is InChI=1S/C22H26N4O2S2/c1-2-3-6-14-26-21(28)17(30-22(26)29)15-16-19(24-11-7-4-8-12-24)23-18-10-5-9-13-25(18)20(16)27/h5,9-10,13,15H,2-4,6-8,11-12,14H2,1H3/b17-15+. The van der Waals surface area contributed by atoms with Gasteiger partial charge >= 0.3 is 0 Å². The molecule has 0 radical (unpaired) electrons. The zero-order chi connectivity index (χ0) is 21.1. The Kier molecular flexibility index (Phi) is 6.53. The number of nitrogens with zero attached hydrogens (tertiary/aromatic N) is 4. The topological polar surface area (TPSA) is 57.9 Å². The van der Waals surface area contributed by atoms with Crippen LogP contribution in [0.15, 0.2) is 34.1 Å². The van der Waals surface area contributed by atoms with E-state index in [1.54, 1.807) is 21.6 Å². The zero-order valence-corrected chi connectivity index (χ0v) is 18.8. The van der Waals surface area contributed by atoms with E-state index in [9.17, 15) is 9.59 Å². The Labute approximate surface area is 186 Å². The third-order valence-corrected chi connectivity index (χ3v) is 6.92. The van der Waals surface area contributed by atoms with Crippen molar-refractivity contribution in [1.29, 1.82) is 0 Å². The number of hydrogen-bond acceptors (Lipinski definition) is 6. The summed E-state index contributed by atoms with van der Waals surface area (Å²) in [5, 5.41) is 0. The van der Waals surface area contributed by atoms with Crippen molar-refractivity contribution < 1.29 is 4.79 Å². The predicted molar refractivity (Wildman–Crippen MR) is 127 cm³/mol. The lowest BCUT2D eigenvalue weighted by atomic mass is 10.1. The van der Waals surface area contributed by atoms with Crippen LogP contribution in [0.2, 0.25) is 0 Å². The van der Waals surface area contributed by atoms with Crippen LogP contribution in [-0.2, 0) is 4.79 Å². The number of carbonyl (C=O) groups is 1. The molecule has 4 rings (SSSR count). The van der Waals surface area contributed by atoms with Gasteiger partial charge in [0.1, 0.15) is 15.8 Å². The first kappa shape index (κ1) is 21.1. The minimum atomic E-state index is -0.155. The first-order valence-corrected chi connectivity index (χ1v) is 11.8. The van der Waals surface area contributed by atoms with Gasteiger partial charge in [-0.15, -0.1) is 0 Å². The third kappa shape index (κ3) is 4.16. The molecule has 0 N–H and O–H groups in total. The van der Waals surface area contributed by atoms with Crippen molar-refractivity contribution in [2.45, 2.75) is 45.4 Å². The van der Waals surface area contributed by atoms with E-state index in [0.29, 0.717) is 32.8 Å². The molecule has 2 fully saturated rings. The van der Waals surface area contributed by atoms with Crippen LogP contribution >= 0.6 is 24.0 Å². The maximum absolute atomic E-state index is 13.3. The summed E-state index contributed by atoms with van der Waals surface area (Å²) < 4.78 is 2.11. The highest BCUT2D eigenvalue weighted by Crippen LogP contribution is 2.34. The molecule has 6 nitrogen and oxygen atoms in total. The molecule has 0 spiro atoms. The number of pyridine rings is 1. The van der Waals surface area contributed by atoms with Crippen LogP contribution in [0.25, 0.3) is 11.7 Å². The van der Waals surface area contributed by atoms with Crippen LogP contribution < -0.4 is 10.5 Å². The molecular formula is C22H26N4O2S2. The highest BCUT2D eigenvalue weighted by molar-refractivity contribution is 8.26. The smallest absolute Gasteiger partial charge is 0.267 e. The molecule has 2 aromatic heterocycles. The molecule has 0 unspecified atom stereocenters. The van der Waals surface area contributed by atoms with Crippen LogP contribution in [0.3, 0.4) is 0 Å². The molecule has 0 aliphatic carbocycles. The number of thioether (sulfide) groups is 1. The van der Waals surface area contributed by atoms with E-state index in [2.05, 4.69) is 11.8 Å². The maximum atomic E-state index is 13.3. The highest BCUT2D eigenvalue weighted by Gasteiger charge is 2.32. The van der Waals surface area contributed by atoms with Crippen molar-refractivity contribution in [3.63, 3.8) is 0 Å². The number of carbonyl (C=O) groups excluding carboxylic acids is 1. The fraction of sp³-hybridized carbons (Fsp3) is 0.455. The summed E-state index contributed by atoms with van der Waals surface area (Å²) in [6, 6.07) is 5.53. The van der Waals surface area contributed by atoms with Crippen molar-refractivity contribution in [3.8, 4) is 0 Å². The van der Waals surface area contributed by atoms with E-state index in [0.717, 1.165) is 45.2 Å². The molecule has 0 aromatic carbocycles. The lowest BCUT2D eigenvalue weighted by molar-refractivity contribution is -0.122. The maximum Gasteiger partial charge on any atom is 0.267 e. The first-order valence-electron chi connectivity index (χ1n) is 10.6. The van der Waals surface area contributed by atoms with Crippen molar-refractivity contribution in [1.82, 2.24) is 14.3 Å². The number of hydrogen-bond donors (Lipinski definition) is 0. The summed E-state index contributed by atoms with van der Waals surface area (Å²) in [5.74, 6) is 0.561. The van der Waals surface area contributed by atoms with Crippen LogP contribution in [0.5, 0.6) is 0 Å². The summed E-state index contributed by atoms with van der Waals surface area (Å²) in [6.45, 7) is 4.50. The van der Waals surface area contributed by atoms with Crippen molar-refractivity contribution in [2.75, 3.05) is 24.5 Å². The highest BCUT2D eigenvalue weighted by atomic mass is 32.2. The molecule has 2 aliphatic heterocycles. The number of rotatable bonds is 6. The Balaban J connectivity index is 1.76. The average Bonchev–Trinajstić information content (AvgIpc) is 3.03. The second-order valence-electron chi connectivity index (χ2n) is 7.67. The fourth-order valence-electron chi connectivity index (χ4n) is 3.91. The van der Waals surface area contributed by atoms with Gasteiger partial charge in [0.25, 0.3) is 11.5 Å². The molecule has 30 heavy (non-hydrogen) atoms.